The van der Waals surface area contributed by atoms with Crippen LogP contribution in [0.3, 0.4) is 0 Å². The third-order valence-electron chi connectivity index (χ3n) is 2.38. The molecule has 0 spiro atoms. The second kappa shape index (κ2) is 2.69. The van der Waals surface area contributed by atoms with Gasteiger partial charge in [0.25, 0.3) is 5.91 Å². The maximum Gasteiger partial charge on any atom is 0.254 e. The molecule has 2 rings (SSSR count). The molecule has 0 aromatic heterocycles. The lowest BCUT2D eigenvalue weighted by atomic mass is 10.1. The molecule has 3 nitrogen and oxygen atoms in total. The van der Waals surface area contributed by atoms with Gasteiger partial charge in [0.15, 0.2) is 0 Å². The lowest BCUT2D eigenvalue weighted by molar-refractivity contribution is -0.111. The Bertz CT molecular complexity index is 373. The predicted molar refractivity (Wildman–Crippen MR) is 47.3 cm³/mol. The van der Waals surface area contributed by atoms with Gasteiger partial charge < -0.3 is 9.69 Å². The lowest BCUT2D eigenvalue weighted by Gasteiger charge is -2.13. The number of carbonyl (C=O) groups excluding carboxylic acids is 2. The van der Waals surface area contributed by atoms with Crippen LogP contribution in [0.5, 0.6) is 0 Å². The zero-order chi connectivity index (χ0) is 9.42. The summed E-state index contributed by atoms with van der Waals surface area (Å²) in [5.41, 5.74) is 1.45. The molecule has 3 heteroatoms. The van der Waals surface area contributed by atoms with Crippen LogP contribution in [0.15, 0.2) is 24.3 Å². The van der Waals surface area contributed by atoms with Crippen molar-refractivity contribution in [2.45, 2.75) is 6.04 Å². The van der Waals surface area contributed by atoms with E-state index in [9.17, 15) is 9.59 Å². The maximum absolute atomic E-state index is 11.5. The zero-order valence-corrected chi connectivity index (χ0v) is 7.23. The van der Waals surface area contributed by atoms with Crippen LogP contribution >= 0.6 is 0 Å². The summed E-state index contributed by atoms with van der Waals surface area (Å²) in [7, 11) is 1.64. The number of hydrogen-bond acceptors (Lipinski definition) is 2. The number of aldehydes is 1. The highest BCUT2D eigenvalue weighted by molar-refractivity contribution is 6.01. The fraction of sp³-hybridized carbons (Fsp3) is 0.200. The molecule has 13 heavy (non-hydrogen) atoms. The Hall–Kier alpha value is -1.64. The van der Waals surface area contributed by atoms with Crippen LogP contribution in [0.1, 0.15) is 22.0 Å². The topological polar surface area (TPSA) is 37.4 Å². The third-order valence-corrected chi connectivity index (χ3v) is 2.38. The van der Waals surface area contributed by atoms with Gasteiger partial charge in [-0.3, -0.25) is 4.79 Å². The maximum atomic E-state index is 11.5. The Kier molecular flexibility index (Phi) is 1.65. The number of carbonyl (C=O) groups is 2. The van der Waals surface area contributed by atoms with Crippen molar-refractivity contribution in [2.24, 2.45) is 0 Å². The first-order valence-electron chi connectivity index (χ1n) is 4.07. The number of rotatable bonds is 1. The summed E-state index contributed by atoms with van der Waals surface area (Å²) in [5.74, 6) is -0.0762. The highest BCUT2D eigenvalue weighted by Gasteiger charge is 2.32. The smallest absolute Gasteiger partial charge is 0.254 e. The summed E-state index contributed by atoms with van der Waals surface area (Å²) < 4.78 is 0. The van der Waals surface area contributed by atoms with Crippen LogP contribution in [0, 0.1) is 0 Å². The van der Waals surface area contributed by atoms with E-state index in [1.807, 2.05) is 12.1 Å². The van der Waals surface area contributed by atoms with Gasteiger partial charge in [-0.25, -0.2) is 0 Å². The van der Waals surface area contributed by atoms with Crippen molar-refractivity contribution in [3.63, 3.8) is 0 Å². The van der Waals surface area contributed by atoms with Gasteiger partial charge in [-0.05, 0) is 11.6 Å². The third kappa shape index (κ3) is 0.967. The monoisotopic (exact) mass is 175 g/mol. The van der Waals surface area contributed by atoms with Gasteiger partial charge in [-0.15, -0.1) is 0 Å². The highest BCUT2D eigenvalue weighted by atomic mass is 16.2. The fourth-order valence-electron chi connectivity index (χ4n) is 1.64. The second-order valence-corrected chi connectivity index (χ2v) is 3.08. The largest absolute Gasteiger partial charge is 0.328 e. The van der Waals surface area contributed by atoms with E-state index in [2.05, 4.69) is 0 Å². The van der Waals surface area contributed by atoms with Gasteiger partial charge in [-0.1, -0.05) is 18.2 Å². The Labute approximate surface area is 76.0 Å². The van der Waals surface area contributed by atoms with Crippen molar-refractivity contribution in [3.8, 4) is 0 Å². The van der Waals surface area contributed by atoms with E-state index in [0.717, 1.165) is 11.8 Å². The highest BCUT2D eigenvalue weighted by Crippen LogP contribution is 2.29. The van der Waals surface area contributed by atoms with E-state index < -0.39 is 6.04 Å². The first-order valence-corrected chi connectivity index (χ1v) is 4.07. The Morgan fingerprint density at radius 3 is 2.77 bits per heavy atom. The first-order chi connectivity index (χ1) is 6.25. The standard InChI is InChI=1S/C10H9NO2/c1-11-9(6-12)7-4-2-3-5-8(7)10(11)13/h2-6,9H,1H3. The lowest BCUT2D eigenvalue weighted by Crippen LogP contribution is -2.23. The molecule has 0 aliphatic carbocycles. The number of hydrogen-bond donors (Lipinski definition) is 0. The van der Waals surface area contributed by atoms with Gasteiger partial charge in [-0.2, -0.15) is 0 Å². The summed E-state index contributed by atoms with van der Waals surface area (Å²) in [6, 6.07) is 6.80. The van der Waals surface area contributed by atoms with E-state index in [1.54, 1.807) is 19.2 Å². The van der Waals surface area contributed by atoms with Crippen molar-refractivity contribution in [1.82, 2.24) is 4.90 Å². The van der Waals surface area contributed by atoms with Crippen LogP contribution in [0.2, 0.25) is 0 Å². The molecular weight excluding hydrogens is 166 g/mol. The number of benzene rings is 1. The molecule has 1 aliphatic heterocycles. The molecule has 1 aromatic rings. The zero-order valence-electron chi connectivity index (χ0n) is 7.23. The van der Waals surface area contributed by atoms with Crippen molar-refractivity contribution < 1.29 is 9.59 Å². The molecule has 1 amide bonds. The molecule has 1 atom stereocenters. The minimum Gasteiger partial charge on any atom is -0.328 e. The molecule has 66 valence electrons. The minimum atomic E-state index is -0.399. The van der Waals surface area contributed by atoms with Crippen LogP contribution in [-0.2, 0) is 4.79 Å². The molecule has 1 aromatic carbocycles. The molecular formula is C10H9NO2. The summed E-state index contributed by atoms with van der Waals surface area (Å²) in [6.07, 6.45) is 0.795. The molecule has 1 unspecified atom stereocenters. The second-order valence-electron chi connectivity index (χ2n) is 3.08. The van der Waals surface area contributed by atoms with E-state index in [0.29, 0.717) is 5.56 Å². The summed E-state index contributed by atoms with van der Waals surface area (Å²) in [6.45, 7) is 0. The van der Waals surface area contributed by atoms with E-state index in [-0.39, 0.29) is 5.91 Å². The van der Waals surface area contributed by atoms with Crippen molar-refractivity contribution in [3.05, 3.63) is 35.4 Å². The fourth-order valence-corrected chi connectivity index (χ4v) is 1.64. The molecule has 0 radical (unpaired) electrons. The predicted octanol–water partition coefficient (Wildman–Crippen LogP) is 1.01. The molecule has 0 N–H and O–H groups in total. The summed E-state index contributed by atoms with van der Waals surface area (Å²) in [5, 5.41) is 0. The molecule has 0 saturated carbocycles. The van der Waals surface area contributed by atoms with Gasteiger partial charge in [0.2, 0.25) is 0 Å². The molecule has 0 saturated heterocycles. The Balaban J connectivity index is 2.59. The number of amides is 1. The number of fused-ring (bicyclic) bond motifs is 1. The molecule has 0 bridgehead atoms. The van der Waals surface area contributed by atoms with Crippen LogP contribution in [0.25, 0.3) is 0 Å². The Morgan fingerprint density at radius 1 is 1.38 bits per heavy atom. The van der Waals surface area contributed by atoms with Crippen molar-refractivity contribution in [1.29, 1.82) is 0 Å². The van der Waals surface area contributed by atoms with Crippen LogP contribution in [0.4, 0.5) is 0 Å². The summed E-state index contributed by atoms with van der Waals surface area (Å²) >= 11 is 0. The molecule has 1 heterocycles. The first kappa shape index (κ1) is 7.98. The number of nitrogens with zero attached hydrogens (tertiary/aromatic N) is 1. The quantitative estimate of drug-likeness (QED) is 0.597. The van der Waals surface area contributed by atoms with Crippen LogP contribution < -0.4 is 0 Å². The normalized spacial score (nSPS) is 20.2. The Morgan fingerprint density at radius 2 is 2.08 bits per heavy atom. The number of likely N-dealkylation sites (N-methyl/N-ethyl adjacent to an activating group) is 1. The van der Waals surface area contributed by atoms with Gasteiger partial charge in [0.05, 0.1) is 0 Å². The molecule has 1 aliphatic rings. The van der Waals surface area contributed by atoms with Crippen LogP contribution in [-0.4, -0.2) is 24.1 Å². The van der Waals surface area contributed by atoms with Crippen molar-refractivity contribution in [2.75, 3.05) is 7.05 Å². The van der Waals surface area contributed by atoms with E-state index >= 15 is 0 Å². The molecule has 0 fully saturated rings. The van der Waals surface area contributed by atoms with Crippen molar-refractivity contribution >= 4 is 12.2 Å². The average molecular weight is 175 g/mol. The minimum absolute atomic E-state index is 0.0762. The van der Waals surface area contributed by atoms with Gasteiger partial charge >= 0.3 is 0 Å². The van der Waals surface area contributed by atoms with Gasteiger partial charge in [0, 0.05) is 12.6 Å². The SMILES string of the molecule is CN1C(=O)c2ccccc2C1C=O. The van der Waals surface area contributed by atoms with E-state index in [4.69, 9.17) is 0 Å². The summed E-state index contributed by atoms with van der Waals surface area (Å²) in [4.78, 5) is 23.7. The van der Waals surface area contributed by atoms with Gasteiger partial charge in [0.1, 0.15) is 12.3 Å². The average Bonchev–Trinajstić information content (AvgIpc) is 2.41. The van der Waals surface area contributed by atoms with E-state index in [1.165, 1.54) is 4.90 Å².